The molecule has 3 heterocycles. The Morgan fingerprint density at radius 3 is 3.42 bits per heavy atom. The number of allylic oxidation sites excluding steroid dienone is 2. The summed E-state index contributed by atoms with van der Waals surface area (Å²) in [5, 5.41) is 0. The normalized spacial score (nSPS) is 18.3. The van der Waals surface area contributed by atoms with Gasteiger partial charge in [-0.25, -0.2) is 0 Å². The molecular weight excluding hydrogens is 148 g/mol. The van der Waals surface area contributed by atoms with Gasteiger partial charge in [0, 0.05) is 24.4 Å². The molecule has 0 atom stereocenters. The molecule has 0 N–H and O–H groups in total. The fourth-order valence-electron chi connectivity index (χ4n) is 1.69. The van der Waals surface area contributed by atoms with E-state index in [0.717, 1.165) is 6.67 Å². The summed E-state index contributed by atoms with van der Waals surface area (Å²) >= 11 is 0. The average Bonchev–Trinajstić information content (AvgIpc) is 2.64. The van der Waals surface area contributed by atoms with Crippen molar-refractivity contribution in [3.05, 3.63) is 41.9 Å². The van der Waals surface area contributed by atoms with Gasteiger partial charge in [0.1, 0.15) is 0 Å². The number of nitrogens with zero attached hydrogens (tertiary/aromatic N) is 2. The molecule has 0 amide bonds. The zero-order chi connectivity index (χ0) is 7.97. The van der Waals surface area contributed by atoms with E-state index in [1.807, 2.05) is 0 Å². The zero-order valence-corrected chi connectivity index (χ0v) is 6.64. The fourth-order valence-corrected chi connectivity index (χ4v) is 1.69. The van der Waals surface area contributed by atoms with Crippen LogP contribution in [0.25, 0.3) is 6.08 Å². The summed E-state index contributed by atoms with van der Waals surface area (Å²) in [6.07, 6.45) is 10.6. The number of aromatic nitrogens is 1. The zero-order valence-electron chi connectivity index (χ0n) is 6.64. The Morgan fingerprint density at radius 1 is 1.42 bits per heavy atom. The van der Waals surface area contributed by atoms with Crippen molar-refractivity contribution in [2.45, 2.75) is 6.67 Å². The molecule has 0 spiro atoms. The monoisotopic (exact) mass is 157 g/mol. The molecule has 1 aromatic heterocycles. The van der Waals surface area contributed by atoms with Crippen molar-refractivity contribution in [1.29, 1.82) is 0 Å². The third-order valence-electron chi connectivity index (χ3n) is 2.33. The van der Waals surface area contributed by atoms with Gasteiger partial charge in [-0.2, -0.15) is 4.58 Å². The number of hydrogen-bond donors (Lipinski definition) is 0. The maximum Gasteiger partial charge on any atom is 0.228 e. The molecule has 0 aliphatic carbocycles. The fraction of sp³-hybridized carbons (Fsp3) is 0.100. The molecule has 0 saturated heterocycles. The number of rotatable bonds is 0. The lowest BCUT2D eigenvalue weighted by atomic mass is 10.3. The van der Waals surface area contributed by atoms with E-state index in [1.165, 1.54) is 11.4 Å². The SMILES string of the molecule is C1=CC2=Cc3cccn3C[N+]2=C1. The van der Waals surface area contributed by atoms with E-state index in [2.05, 4.69) is 51.9 Å². The molecule has 1 aromatic rings. The molecule has 12 heavy (non-hydrogen) atoms. The smallest absolute Gasteiger partial charge is 0.228 e. The van der Waals surface area contributed by atoms with Crippen LogP contribution in [0.1, 0.15) is 5.69 Å². The van der Waals surface area contributed by atoms with Crippen LogP contribution < -0.4 is 0 Å². The van der Waals surface area contributed by atoms with Gasteiger partial charge in [0.05, 0.1) is 5.69 Å². The minimum atomic E-state index is 0.946. The third kappa shape index (κ3) is 0.666. The molecule has 58 valence electrons. The average molecular weight is 157 g/mol. The van der Waals surface area contributed by atoms with E-state index in [9.17, 15) is 0 Å². The highest BCUT2D eigenvalue weighted by atomic mass is 15.2. The first-order chi connectivity index (χ1) is 5.93. The molecule has 0 radical (unpaired) electrons. The lowest BCUT2D eigenvalue weighted by molar-refractivity contribution is -0.499. The topological polar surface area (TPSA) is 7.94 Å². The van der Waals surface area contributed by atoms with Gasteiger partial charge in [-0.05, 0) is 12.1 Å². The largest absolute Gasteiger partial charge is 0.292 e. The van der Waals surface area contributed by atoms with Gasteiger partial charge in [-0.15, -0.1) is 0 Å². The van der Waals surface area contributed by atoms with E-state index in [0.29, 0.717) is 0 Å². The van der Waals surface area contributed by atoms with Gasteiger partial charge >= 0.3 is 0 Å². The predicted octanol–water partition coefficient (Wildman–Crippen LogP) is 1.45. The summed E-state index contributed by atoms with van der Waals surface area (Å²) in [5.41, 5.74) is 2.59. The van der Waals surface area contributed by atoms with Gasteiger partial charge in [0.15, 0.2) is 6.21 Å². The van der Waals surface area contributed by atoms with Crippen LogP contribution in [0, 0.1) is 0 Å². The van der Waals surface area contributed by atoms with E-state index in [4.69, 9.17) is 0 Å². The van der Waals surface area contributed by atoms with Crippen LogP contribution in [0.15, 0.2) is 36.2 Å². The third-order valence-corrected chi connectivity index (χ3v) is 2.33. The Bertz CT molecular complexity index is 419. The summed E-state index contributed by atoms with van der Waals surface area (Å²) in [5.74, 6) is 0. The van der Waals surface area contributed by atoms with Gasteiger partial charge in [0.25, 0.3) is 0 Å². The van der Waals surface area contributed by atoms with E-state index < -0.39 is 0 Å². The molecule has 0 aromatic carbocycles. The first kappa shape index (κ1) is 6.00. The van der Waals surface area contributed by atoms with E-state index >= 15 is 0 Å². The number of fused-ring (bicyclic) bond motifs is 2. The van der Waals surface area contributed by atoms with E-state index in [-0.39, 0.29) is 0 Å². The molecule has 0 fully saturated rings. The van der Waals surface area contributed by atoms with Crippen molar-refractivity contribution in [3.8, 4) is 0 Å². The van der Waals surface area contributed by atoms with Crippen LogP contribution in [-0.4, -0.2) is 15.4 Å². The van der Waals surface area contributed by atoms with E-state index in [1.54, 1.807) is 0 Å². The van der Waals surface area contributed by atoms with Gasteiger partial charge < -0.3 is 0 Å². The van der Waals surface area contributed by atoms with Crippen LogP contribution in [0.4, 0.5) is 0 Å². The molecule has 2 aliphatic rings. The maximum absolute atomic E-state index is 2.23. The summed E-state index contributed by atoms with van der Waals surface area (Å²) in [6.45, 7) is 0.946. The minimum Gasteiger partial charge on any atom is -0.292 e. The summed E-state index contributed by atoms with van der Waals surface area (Å²) in [7, 11) is 0. The van der Waals surface area contributed by atoms with Gasteiger partial charge in [-0.3, -0.25) is 4.57 Å². The number of hydrogen-bond acceptors (Lipinski definition) is 0. The second kappa shape index (κ2) is 1.97. The van der Waals surface area contributed by atoms with Gasteiger partial charge in [0.2, 0.25) is 12.4 Å². The van der Waals surface area contributed by atoms with Crippen molar-refractivity contribution < 1.29 is 4.58 Å². The van der Waals surface area contributed by atoms with Crippen molar-refractivity contribution >= 4 is 12.3 Å². The highest BCUT2D eigenvalue weighted by Crippen LogP contribution is 2.18. The van der Waals surface area contributed by atoms with Crippen LogP contribution in [0.2, 0.25) is 0 Å². The second-order valence-electron chi connectivity index (χ2n) is 3.09. The molecule has 2 heteroatoms. The van der Waals surface area contributed by atoms with Crippen LogP contribution in [-0.2, 0) is 6.67 Å². The highest BCUT2D eigenvalue weighted by Gasteiger charge is 2.20. The Kier molecular flexibility index (Phi) is 0.987. The Labute approximate surface area is 70.8 Å². The van der Waals surface area contributed by atoms with Crippen LogP contribution in [0.5, 0.6) is 0 Å². The second-order valence-corrected chi connectivity index (χ2v) is 3.09. The minimum absolute atomic E-state index is 0.946. The highest BCUT2D eigenvalue weighted by molar-refractivity contribution is 5.72. The molecule has 0 saturated carbocycles. The maximum atomic E-state index is 2.23. The van der Waals surface area contributed by atoms with Gasteiger partial charge in [-0.1, -0.05) is 0 Å². The summed E-state index contributed by atoms with van der Waals surface area (Å²) in [6, 6.07) is 4.22. The summed E-state index contributed by atoms with van der Waals surface area (Å²) in [4.78, 5) is 0. The molecule has 3 rings (SSSR count). The Balaban J connectivity index is 2.23. The molecule has 2 aliphatic heterocycles. The molecule has 0 bridgehead atoms. The summed E-state index contributed by atoms with van der Waals surface area (Å²) < 4.78 is 4.46. The molecular formula is C10H9N2+. The first-order valence-electron chi connectivity index (χ1n) is 4.08. The Morgan fingerprint density at radius 2 is 2.42 bits per heavy atom. The van der Waals surface area contributed by atoms with Crippen LogP contribution >= 0.6 is 0 Å². The lowest BCUT2D eigenvalue weighted by Crippen LogP contribution is -2.17. The van der Waals surface area contributed by atoms with Crippen molar-refractivity contribution in [3.63, 3.8) is 0 Å². The Hall–Kier alpha value is -1.57. The molecule has 2 nitrogen and oxygen atoms in total. The standard InChI is InChI=1S/C10H9N2/c1-3-9-7-10-4-2-6-12(10)8-11(9)5-1/h1-7H,8H2/q+1. The lowest BCUT2D eigenvalue weighted by Gasteiger charge is -2.09. The van der Waals surface area contributed by atoms with Crippen molar-refractivity contribution in [2.75, 3.05) is 0 Å². The first-order valence-corrected chi connectivity index (χ1v) is 4.08. The van der Waals surface area contributed by atoms with Crippen molar-refractivity contribution in [2.24, 2.45) is 0 Å². The van der Waals surface area contributed by atoms with Crippen LogP contribution in [0.3, 0.4) is 0 Å². The molecule has 0 unspecified atom stereocenters. The van der Waals surface area contributed by atoms with Crippen molar-refractivity contribution in [1.82, 2.24) is 4.57 Å². The quantitative estimate of drug-likeness (QED) is 0.504. The predicted molar refractivity (Wildman–Crippen MR) is 47.9 cm³/mol.